The Balaban J connectivity index is 1.78. The standard InChI is InChI=1S/C15H17N3O2/c16-8-13-5-6-14(20-13)15(19)18(12-3-4-12)10-11-2-1-7-17-9-11/h1-2,5-7,9,12H,3-4,8,10,16H2. The molecule has 5 heteroatoms. The van der Waals surface area contributed by atoms with Crippen LogP contribution in [0.25, 0.3) is 0 Å². The highest BCUT2D eigenvalue weighted by molar-refractivity contribution is 5.92. The van der Waals surface area contributed by atoms with Crippen LogP contribution in [-0.4, -0.2) is 21.8 Å². The molecular weight excluding hydrogens is 254 g/mol. The number of hydrogen-bond acceptors (Lipinski definition) is 4. The van der Waals surface area contributed by atoms with Gasteiger partial charge in [0, 0.05) is 25.0 Å². The molecule has 0 atom stereocenters. The van der Waals surface area contributed by atoms with Crippen LogP contribution in [0.4, 0.5) is 0 Å². The van der Waals surface area contributed by atoms with Gasteiger partial charge in [-0.15, -0.1) is 0 Å². The predicted molar refractivity (Wildman–Crippen MR) is 73.7 cm³/mol. The topological polar surface area (TPSA) is 72.4 Å². The quantitative estimate of drug-likeness (QED) is 0.902. The van der Waals surface area contributed by atoms with Crippen molar-refractivity contribution in [3.05, 3.63) is 53.7 Å². The molecule has 0 radical (unpaired) electrons. The summed E-state index contributed by atoms with van der Waals surface area (Å²) < 4.78 is 5.46. The monoisotopic (exact) mass is 271 g/mol. The highest BCUT2D eigenvalue weighted by Gasteiger charge is 2.34. The van der Waals surface area contributed by atoms with E-state index in [1.54, 1.807) is 24.5 Å². The Hall–Kier alpha value is -2.14. The minimum Gasteiger partial charge on any atom is -0.455 e. The van der Waals surface area contributed by atoms with Gasteiger partial charge in [0.25, 0.3) is 5.91 Å². The van der Waals surface area contributed by atoms with Crippen LogP contribution < -0.4 is 5.73 Å². The number of pyridine rings is 1. The van der Waals surface area contributed by atoms with Gasteiger partial charge in [-0.25, -0.2) is 0 Å². The Morgan fingerprint density at radius 2 is 2.25 bits per heavy atom. The van der Waals surface area contributed by atoms with E-state index >= 15 is 0 Å². The summed E-state index contributed by atoms with van der Waals surface area (Å²) in [6.45, 7) is 0.870. The van der Waals surface area contributed by atoms with Crippen molar-refractivity contribution in [1.82, 2.24) is 9.88 Å². The van der Waals surface area contributed by atoms with Crippen LogP contribution in [0.1, 0.15) is 34.7 Å². The molecule has 1 fully saturated rings. The van der Waals surface area contributed by atoms with E-state index in [2.05, 4.69) is 4.98 Å². The van der Waals surface area contributed by atoms with Crippen molar-refractivity contribution >= 4 is 5.91 Å². The lowest BCUT2D eigenvalue weighted by atomic mass is 10.2. The Morgan fingerprint density at radius 1 is 1.40 bits per heavy atom. The molecule has 2 heterocycles. The van der Waals surface area contributed by atoms with Crippen molar-refractivity contribution in [1.29, 1.82) is 0 Å². The van der Waals surface area contributed by atoms with Crippen LogP contribution in [0.3, 0.4) is 0 Å². The van der Waals surface area contributed by atoms with Crippen LogP contribution in [0, 0.1) is 0 Å². The number of furan rings is 1. The molecule has 1 saturated carbocycles. The van der Waals surface area contributed by atoms with Gasteiger partial charge in [-0.3, -0.25) is 9.78 Å². The molecular formula is C15H17N3O2. The molecule has 2 N–H and O–H groups in total. The molecule has 20 heavy (non-hydrogen) atoms. The van der Waals surface area contributed by atoms with Crippen molar-refractivity contribution in [2.75, 3.05) is 0 Å². The number of aromatic nitrogens is 1. The maximum Gasteiger partial charge on any atom is 0.290 e. The molecule has 0 aliphatic heterocycles. The van der Waals surface area contributed by atoms with Crippen LogP contribution >= 0.6 is 0 Å². The molecule has 0 unspecified atom stereocenters. The number of carbonyl (C=O) groups is 1. The Kier molecular flexibility index (Phi) is 3.52. The first-order valence-corrected chi connectivity index (χ1v) is 6.76. The van der Waals surface area contributed by atoms with Gasteiger partial charge in [-0.05, 0) is 36.6 Å². The maximum absolute atomic E-state index is 12.5. The zero-order valence-corrected chi connectivity index (χ0v) is 11.2. The summed E-state index contributed by atoms with van der Waals surface area (Å²) in [5, 5.41) is 0. The van der Waals surface area contributed by atoms with E-state index in [-0.39, 0.29) is 5.91 Å². The summed E-state index contributed by atoms with van der Waals surface area (Å²) in [5.74, 6) is 0.919. The third kappa shape index (κ3) is 2.72. The third-order valence-electron chi connectivity index (χ3n) is 3.40. The highest BCUT2D eigenvalue weighted by Crippen LogP contribution is 2.30. The van der Waals surface area contributed by atoms with Crippen molar-refractivity contribution in [3.8, 4) is 0 Å². The average Bonchev–Trinajstić information content (AvgIpc) is 3.21. The van der Waals surface area contributed by atoms with Gasteiger partial charge in [-0.1, -0.05) is 6.07 Å². The van der Waals surface area contributed by atoms with Crippen molar-refractivity contribution in [2.45, 2.75) is 32.0 Å². The second kappa shape index (κ2) is 5.46. The minimum absolute atomic E-state index is 0.0731. The molecule has 2 aromatic heterocycles. The van der Waals surface area contributed by atoms with Crippen LogP contribution in [0.15, 0.2) is 41.1 Å². The SMILES string of the molecule is NCc1ccc(C(=O)N(Cc2cccnc2)C2CC2)o1. The van der Waals surface area contributed by atoms with Gasteiger partial charge in [0.15, 0.2) is 5.76 Å². The van der Waals surface area contributed by atoms with Crippen molar-refractivity contribution in [3.63, 3.8) is 0 Å². The first kappa shape index (κ1) is 12.9. The van der Waals surface area contributed by atoms with E-state index in [9.17, 15) is 4.79 Å². The summed E-state index contributed by atoms with van der Waals surface area (Å²) in [4.78, 5) is 18.5. The molecule has 3 rings (SSSR count). The Morgan fingerprint density at radius 3 is 2.85 bits per heavy atom. The van der Waals surface area contributed by atoms with Gasteiger partial charge < -0.3 is 15.1 Å². The second-order valence-electron chi connectivity index (χ2n) is 5.00. The number of carbonyl (C=O) groups excluding carboxylic acids is 1. The van der Waals surface area contributed by atoms with Gasteiger partial charge in [-0.2, -0.15) is 0 Å². The van der Waals surface area contributed by atoms with Gasteiger partial charge in [0.1, 0.15) is 5.76 Å². The molecule has 0 aromatic carbocycles. The molecule has 0 spiro atoms. The normalized spacial score (nSPS) is 14.2. The average molecular weight is 271 g/mol. The Bertz CT molecular complexity index is 590. The summed E-state index contributed by atoms with van der Waals surface area (Å²) in [5.41, 5.74) is 6.53. The number of rotatable bonds is 5. The number of nitrogens with zero attached hydrogens (tertiary/aromatic N) is 2. The smallest absolute Gasteiger partial charge is 0.290 e. The van der Waals surface area contributed by atoms with Crippen molar-refractivity contribution < 1.29 is 9.21 Å². The predicted octanol–water partition coefficient (Wildman–Crippen LogP) is 1.94. The van der Waals surface area contributed by atoms with Crippen molar-refractivity contribution in [2.24, 2.45) is 5.73 Å². The lowest BCUT2D eigenvalue weighted by Crippen LogP contribution is -2.32. The summed E-state index contributed by atoms with van der Waals surface area (Å²) >= 11 is 0. The molecule has 2 aromatic rings. The van der Waals surface area contributed by atoms with E-state index in [1.807, 2.05) is 17.0 Å². The third-order valence-corrected chi connectivity index (χ3v) is 3.40. The van der Waals surface area contributed by atoms with Crippen LogP contribution in [0.5, 0.6) is 0 Å². The van der Waals surface area contributed by atoms with Crippen LogP contribution in [-0.2, 0) is 13.1 Å². The van der Waals surface area contributed by atoms with E-state index in [0.29, 0.717) is 30.7 Å². The lowest BCUT2D eigenvalue weighted by molar-refractivity contribution is 0.0695. The Labute approximate surface area is 117 Å². The summed E-state index contributed by atoms with van der Waals surface area (Å²) in [6.07, 6.45) is 5.62. The summed E-state index contributed by atoms with van der Waals surface area (Å²) in [6, 6.07) is 7.62. The fourth-order valence-corrected chi connectivity index (χ4v) is 2.19. The van der Waals surface area contributed by atoms with E-state index < -0.39 is 0 Å². The van der Waals surface area contributed by atoms with Gasteiger partial charge in [0.2, 0.25) is 0 Å². The summed E-state index contributed by atoms with van der Waals surface area (Å²) in [7, 11) is 0. The maximum atomic E-state index is 12.5. The molecule has 0 bridgehead atoms. The van der Waals surface area contributed by atoms with Crippen LogP contribution in [0.2, 0.25) is 0 Å². The number of nitrogens with two attached hydrogens (primary N) is 1. The van der Waals surface area contributed by atoms with E-state index in [4.69, 9.17) is 10.2 Å². The molecule has 1 aliphatic carbocycles. The number of hydrogen-bond donors (Lipinski definition) is 1. The zero-order chi connectivity index (χ0) is 13.9. The fraction of sp³-hybridized carbons (Fsp3) is 0.333. The molecule has 5 nitrogen and oxygen atoms in total. The number of amides is 1. The second-order valence-corrected chi connectivity index (χ2v) is 5.00. The molecule has 1 amide bonds. The largest absolute Gasteiger partial charge is 0.455 e. The first-order valence-electron chi connectivity index (χ1n) is 6.76. The van der Waals surface area contributed by atoms with Gasteiger partial charge in [0.05, 0.1) is 6.54 Å². The lowest BCUT2D eigenvalue weighted by Gasteiger charge is -2.21. The molecule has 1 aliphatic rings. The van der Waals surface area contributed by atoms with E-state index in [1.165, 1.54) is 0 Å². The highest BCUT2D eigenvalue weighted by atomic mass is 16.4. The van der Waals surface area contributed by atoms with Gasteiger partial charge >= 0.3 is 0 Å². The first-order chi connectivity index (χ1) is 9.78. The minimum atomic E-state index is -0.0731. The molecule has 0 saturated heterocycles. The van der Waals surface area contributed by atoms with E-state index in [0.717, 1.165) is 18.4 Å². The zero-order valence-electron chi connectivity index (χ0n) is 11.2. The fourth-order valence-electron chi connectivity index (χ4n) is 2.19. The molecule has 104 valence electrons.